The van der Waals surface area contributed by atoms with Crippen LogP contribution in [0.15, 0.2) is 47.4 Å². The fourth-order valence-electron chi connectivity index (χ4n) is 3.23. The monoisotopic (exact) mass is 366 g/mol. The maximum atomic E-state index is 12.2. The number of hydrogen-bond acceptors (Lipinski definition) is 7. The number of benzene rings is 1. The zero-order chi connectivity index (χ0) is 18.8. The average molecular weight is 366 g/mol. The fourth-order valence-corrected chi connectivity index (χ4v) is 3.23. The largest absolute Gasteiger partial charge is 0.354 e. The highest BCUT2D eigenvalue weighted by Crippen LogP contribution is 2.18. The lowest BCUT2D eigenvalue weighted by atomic mass is 10.2. The van der Waals surface area contributed by atoms with Crippen LogP contribution in [0.5, 0.6) is 0 Å². The van der Waals surface area contributed by atoms with Gasteiger partial charge >= 0.3 is 0 Å². The minimum Gasteiger partial charge on any atom is -0.354 e. The topological polar surface area (TPSA) is 108 Å². The van der Waals surface area contributed by atoms with Crippen molar-refractivity contribution < 1.29 is 4.92 Å². The normalized spacial score (nSPS) is 15.2. The summed E-state index contributed by atoms with van der Waals surface area (Å²) in [6.07, 6.45) is 1.28. The molecule has 27 heavy (non-hydrogen) atoms. The first-order valence-electron chi connectivity index (χ1n) is 8.66. The Labute approximate surface area is 154 Å². The SMILES string of the molecule is O=c1[nH]c(CN2CCN(c3ccc([N+](=O)[O-])cn3)CC2)nc2ccccc12. The Morgan fingerprint density at radius 2 is 1.89 bits per heavy atom. The second-order valence-electron chi connectivity index (χ2n) is 6.42. The van der Waals surface area contributed by atoms with Crippen molar-refractivity contribution in [2.75, 3.05) is 31.1 Å². The summed E-state index contributed by atoms with van der Waals surface area (Å²) in [6, 6.07) is 10.4. The molecule has 9 heteroatoms. The number of hydrogen-bond donors (Lipinski definition) is 1. The fraction of sp³-hybridized carbons (Fsp3) is 0.278. The molecule has 0 unspecified atom stereocenters. The lowest BCUT2D eigenvalue weighted by Gasteiger charge is -2.35. The number of para-hydroxylation sites is 1. The Morgan fingerprint density at radius 3 is 2.59 bits per heavy atom. The smallest absolute Gasteiger partial charge is 0.287 e. The Morgan fingerprint density at radius 1 is 1.11 bits per heavy atom. The van der Waals surface area contributed by atoms with Crippen LogP contribution in [0.1, 0.15) is 5.82 Å². The molecule has 1 N–H and O–H groups in total. The highest BCUT2D eigenvalue weighted by molar-refractivity contribution is 5.77. The zero-order valence-corrected chi connectivity index (χ0v) is 14.5. The van der Waals surface area contributed by atoms with Gasteiger partial charge in [-0.1, -0.05) is 12.1 Å². The van der Waals surface area contributed by atoms with Crippen LogP contribution in [0.25, 0.3) is 10.9 Å². The summed E-state index contributed by atoms with van der Waals surface area (Å²) in [7, 11) is 0. The van der Waals surface area contributed by atoms with E-state index in [0.29, 0.717) is 23.3 Å². The summed E-state index contributed by atoms with van der Waals surface area (Å²) < 4.78 is 0. The third-order valence-electron chi connectivity index (χ3n) is 4.67. The predicted octanol–water partition coefficient (Wildman–Crippen LogP) is 1.55. The molecule has 0 saturated carbocycles. The summed E-state index contributed by atoms with van der Waals surface area (Å²) >= 11 is 0. The van der Waals surface area contributed by atoms with E-state index in [4.69, 9.17) is 0 Å². The van der Waals surface area contributed by atoms with E-state index in [1.165, 1.54) is 12.3 Å². The number of piperazine rings is 1. The average Bonchev–Trinajstić information content (AvgIpc) is 2.69. The van der Waals surface area contributed by atoms with Crippen LogP contribution in [-0.2, 0) is 6.54 Å². The molecule has 0 radical (unpaired) electrons. The van der Waals surface area contributed by atoms with E-state index in [0.717, 1.165) is 32.0 Å². The van der Waals surface area contributed by atoms with Gasteiger partial charge in [-0.25, -0.2) is 9.97 Å². The predicted molar refractivity (Wildman–Crippen MR) is 101 cm³/mol. The Hall–Kier alpha value is -3.33. The van der Waals surface area contributed by atoms with Gasteiger partial charge in [0, 0.05) is 32.2 Å². The van der Waals surface area contributed by atoms with Crippen LogP contribution in [0.3, 0.4) is 0 Å². The Balaban J connectivity index is 1.41. The maximum Gasteiger partial charge on any atom is 0.287 e. The molecule has 0 spiro atoms. The van der Waals surface area contributed by atoms with Crippen molar-refractivity contribution in [2.24, 2.45) is 0 Å². The highest BCUT2D eigenvalue weighted by Gasteiger charge is 2.19. The van der Waals surface area contributed by atoms with Gasteiger partial charge in [0.1, 0.15) is 17.8 Å². The third kappa shape index (κ3) is 3.63. The van der Waals surface area contributed by atoms with Gasteiger partial charge in [-0.05, 0) is 18.2 Å². The standard InChI is InChI=1S/C18H18N6O3/c25-18-14-3-1-2-4-15(14)20-16(21-18)12-22-7-9-23(10-8-22)17-6-5-13(11-19-17)24(26)27/h1-6,11H,7-10,12H2,(H,20,21,25). The van der Waals surface area contributed by atoms with E-state index < -0.39 is 4.92 Å². The zero-order valence-electron chi connectivity index (χ0n) is 14.5. The third-order valence-corrected chi connectivity index (χ3v) is 4.67. The van der Waals surface area contributed by atoms with E-state index in [-0.39, 0.29) is 11.2 Å². The molecule has 3 heterocycles. The molecular weight excluding hydrogens is 348 g/mol. The summed E-state index contributed by atoms with van der Waals surface area (Å²) in [4.78, 5) is 38.3. The van der Waals surface area contributed by atoms with Crippen LogP contribution in [0.4, 0.5) is 11.5 Å². The van der Waals surface area contributed by atoms with E-state index in [1.807, 2.05) is 18.2 Å². The van der Waals surface area contributed by atoms with E-state index in [2.05, 4.69) is 24.8 Å². The molecular formula is C18H18N6O3. The number of anilines is 1. The molecule has 9 nitrogen and oxygen atoms in total. The summed E-state index contributed by atoms with van der Waals surface area (Å²) in [5.74, 6) is 1.39. The molecule has 1 saturated heterocycles. The minimum absolute atomic E-state index is 0.0104. The lowest BCUT2D eigenvalue weighted by molar-refractivity contribution is -0.385. The van der Waals surface area contributed by atoms with Gasteiger partial charge in [-0.15, -0.1) is 0 Å². The molecule has 138 valence electrons. The molecule has 3 aromatic rings. The molecule has 2 aromatic heterocycles. The first-order chi connectivity index (χ1) is 13.1. The van der Waals surface area contributed by atoms with Crippen molar-refractivity contribution in [3.63, 3.8) is 0 Å². The Bertz CT molecular complexity index is 1030. The first-order valence-corrected chi connectivity index (χ1v) is 8.66. The first kappa shape index (κ1) is 17.1. The minimum atomic E-state index is -0.452. The number of nitro groups is 1. The van der Waals surface area contributed by atoms with Crippen molar-refractivity contribution >= 4 is 22.4 Å². The number of H-pyrrole nitrogens is 1. The number of nitrogens with zero attached hydrogens (tertiary/aromatic N) is 5. The molecule has 0 amide bonds. The van der Waals surface area contributed by atoms with E-state index in [1.54, 1.807) is 12.1 Å². The quantitative estimate of drug-likeness (QED) is 0.551. The van der Waals surface area contributed by atoms with Crippen molar-refractivity contribution in [1.82, 2.24) is 19.9 Å². The van der Waals surface area contributed by atoms with Crippen LogP contribution >= 0.6 is 0 Å². The molecule has 0 bridgehead atoms. The van der Waals surface area contributed by atoms with Crippen molar-refractivity contribution in [2.45, 2.75) is 6.54 Å². The van der Waals surface area contributed by atoms with Gasteiger partial charge in [0.25, 0.3) is 11.2 Å². The molecule has 1 aliphatic heterocycles. The van der Waals surface area contributed by atoms with Gasteiger partial charge < -0.3 is 9.88 Å². The highest BCUT2D eigenvalue weighted by atomic mass is 16.6. The number of aromatic amines is 1. The van der Waals surface area contributed by atoms with E-state index in [9.17, 15) is 14.9 Å². The molecule has 0 atom stereocenters. The number of pyridine rings is 1. The molecule has 1 fully saturated rings. The maximum absolute atomic E-state index is 12.2. The van der Waals surface area contributed by atoms with Gasteiger partial charge in [0.05, 0.1) is 22.4 Å². The van der Waals surface area contributed by atoms with Crippen molar-refractivity contribution in [3.05, 3.63) is 68.9 Å². The number of fused-ring (bicyclic) bond motifs is 1. The molecule has 4 rings (SSSR count). The number of aromatic nitrogens is 3. The summed E-state index contributed by atoms with van der Waals surface area (Å²) in [6.45, 7) is 3.65. The second-order valence-corrected chi connectivity index (χ2v) is 6.42. The Kier molecular flexibility index (Phi) is 4.51. The van der Waals surface area contributed by atoms with Gasteiger partial charge in [-0.3, -0.25) is 19.8 Å². The summed E-state index contributed by atoms with van der Waals surface area (Å²) in [5, 5.41) is 11.3. The van der Waals surface area contributed by atoms with Gasteiger partial charge in [-0.2, -0.15) is 0 Å². The lowest BCUT2D eigenvalue weighted by Crippen LogP contribution is -2.46. The molecule has 1 aromatic carbocycles. The molecule has 0 aliphatic carbocycles. The van der Waals surface area contributed by atoms with Crippen molar-refractivity contribution in [3.8, 4) is 0 Å². The molecule has 1 aliphatic rings. The van der Waals surface area contributed by atoms with Crippen LogP contribution in [0.2, 0.25) is 0 Å². The van der Waals surface area contributed by atoms with Crippen LogP contribution in [0, 0.1) is 10.1 Å². The number of nitrogens with one attached hydrogen (secondary N) is 1. The van der Waals surface area contributed by atoms with Gasteiger partial charge in [0.15, 0.2) is 0 Å². The van der Waals surface area contributed by atoms with E-state index >= 15 is 0 Å². The van der Waals surface area contributed by atoms with Crippen LogP contribution < -0.4 is 10.5 Å². The van der Waals surface area contributed by atoms with Crippen molar-refractivity contribution in [1.29, 1.82) is 0 Å². The second kappa shape index (κ2) is 7.12. The van der Waals surface area contributed by atoms with Crippen LogP contribution in [-0.4, -0.2) is 51.0 Å². The summed E-state index contributed by atoms with van der Waals surface area (Å²) in [5.41, 5.74) is 0.568. The van der Waals surface area contributed by atoms with Gasteiger partial charge in [0.2, 0.25) is 0 Å². The number of rotatable bonds is 4.